The molecule has 0 aliphatic heterocycles. The Balaban J connectivity index is 1.54. The fourth-order valence-corrected chi connectivity index (χ4v) is 2.46. The van der Waals surface area contributed by atoms with Crippen LogP contribution >= 0.6 is 11.6 Å². The number of carbonyl (C=O) groups is 1. The Morgan fingerprint density at radius 1 is 1.24 bits per heavy atom. The standard InChI is InChI=1S/C18H17ClN4O2/c1-23(12-13-3-2-10-20-11-13)17(24)9-8-16-21-18(22-25-16)14-4-6-15(19)7-5-14/h2-7,10-11H,8-9,12H2,1H3. The van der Waals surface area contributed by atoms with E-state index in [-0.39, 0.29) is 5.91 Å². The molecule has 3 rings (SSSR count). The van der Waals surface area contributed by atoms with Gasteiger partial charge in [-0.25, -0.2) is 0 Å². The third-order valence-corrected chi connectivity index (χ3v) is 3.94. The molecule has 0 bridgehead atoms. The fraction of sp³-hybridized carbons (Fsp3) is 0.222. The van der Waals surface area contributed by atoms with Crippen molar-refractivity contribution in [3.8, 4) is 11.4 Å². The molecule has 1 amide bonds. The summed E-state index contributed by atoms with van der Waals surface area (Å²) in [6, 6.07) is 11.0. The van der Waals surface area contributed by atoms with Crippen molar-refractivity contribution in [1.82, 2.24) is 20.0 Å². The maximum atomic E-state index is 12.2. The summed E-state index contributed by atoms with van der Waals surface area (Å²) in [5.74, 6) is 0.936. The summed E-state index contributed by atoms with van der Waals surface area (Å²) in [5, 5.41) is 4.59. The number of aryl methyl sites for hydroxylation is 1. The van der Waals surface area contributed by atoms with Gasteiger partial charge in [-0.3, -0.25) is 9.78 Å². The summed E-state index contributed by atoms with van der Waals surface area (Å²) in [5.41, 5.74) is 1.81. The molecule has 0 N–H and O–H groups in total. The van der Waals surface area contributed by atoms with Crippen LogP contribution in [0.1, 0.15) is 17.9 Å². The van der Waals surface area contributed by atoms with Crippen molar-refractivity contribution in [3.05, 3.63) is 65.3 Å². The van der Waals surface area contributed by atoms with Crippen molar-refractivity contribution in [3.63, 3.8) is 0 Å². The summed E-state index contributed by atoms with van der Waals surface area (Å²) in [6.07, 6.45) is 4.16. The molecule has 1 aromatic carbocycles. The van der Waals surface area contributed by atoms with Crippen molar-refractivity contribution >= 4 is 17.5 Å². The molecule has 0 unspecified atom stereocenters. The van der Waals surface area contributed by atoms with E-state index in [1.165, 1.54) is 0 Å². The molecule has 2 heterocycles. The predicted octanol–water partition coefficient (Wildman–Crippen LogP) is 3.38. The highest BCUT2D eigenvalue weighted by atomic mass is 35.5. The van der Waals surface area contributed by atoms with Crippen molar-refractivity contribution in [1.29, 1.82) is 0 Å². The van der Waals surface area contributed by atoms with Crippen LogP contribution in [-0.2, 0) is 17.8 Å². The second-order valence-electron chi connectivity index (χ2n) is 5.63. The van der Waals surface area contributed by atoms with Crippen LogP contribution in [0.15, 0.2) is 53.3 Å². The van der Waals surface area contributed by atoms with E-state index in [1.807, 2.05) is 24.3 Å². The van der Waals surface area contributed by atoms with Crippen molar-refractivity contribution < 1.29 is 9.32 Å². The monoisotopic (exact) mass is 356 g/mol. The first-order valence-corrected chi connectivity index (χ1v) is 8.21. The van der Waals surface area contributed by atoms with Crippen LogP contribution in [0.5, 0.6) is 0 Å². The van der Waals surface area contributed by atoms with Gasteiger partial charge in [-0.2, -0.15) is 4.98 Å². The highest BCUT2D eigenvalue weighted by Gasteiger charge is 2.13. The van der Waals surface area contributed by atoms with Crippen LogP contribution in [0.3, 0.4) is 0 Å². The Bertz CT molecular complexity index is 834. The Kier molecular flexibility index (Phi) is 5.40. The Morgan fingerprint density at radius 2 is 2.04 bits per heavy atom. The van der Waals surface area contributed by atoms with Gasteiger partial charge < -0.3 is 9.42 Å². The van der Waals surface area contributed by atoms with Crippen molar-refractivity contribution in [2.45, 2.75) is 19.4 Å². The Morgan fingerprint density at radius 3 is 2.76 bits per heavy atom. The van der Waals surface area contributed by atoms with Gasteiger partial charge >= 0.3 is 0 Å². The van der Waals surface area contributed by atoms with Gasteiger partial charge in [0, 0.05) is 49.4 Å². The van der Waals surface area contributed by atoms with Crippen LogP contribution in [0.4, 0.5) is 0 Å². The molecule has 0 spiro atoms. The van der Waals surface area contributed by atoms with Crippen LogP contribution in [0.2, 0.25) is 5.02 Å². The Labute approximate surface area is 150 Å². The molecule has 6 nitrogen and oxygen atoms in total. The van der Waals surface area contributed by atoms with Gasteiger partial charge in [-0.05, 0) is 35.9 Å². The molecule has 0 fully saturated rings. The maximum Gasteiger partial charge on any atom is 0.227 e. The lowest BCUT2D eigenvalue weighted by molar-refractivity contribution is -0.130. The van der Waals surface area contributed by atoms with Gasteiger partial charge in [0.25, 0.3) is 0 Å². The van der Waals surface area contributed by atoms with Crippen molar-refractivity contribution in [2.75, 3.05) is 7.05 Å². The van der Waals surface area contributed by atoms with Crippen LogP contribution in [-0.4, -0.2) is 33.0 Å². The molecule has 0 saturated heterocycles. The fourth-order valence-electron chi connectivity index (χ4n) is 2.33. The van der Waals surface area contributed by atoms with E-state index >= 15 is 0 Å². The molecule has 7 heteroatoms. The number of rotatable bonds is 6. The maximum absolute atomic E-state index is 12.2. The lowest BCUT2D eigenvalue weighted by Gasteiger charge is -2.16. The molecular formula is C18H17ClN4O2. The second-order valence-corrected chi connectivity index (χ2v) is 6.07. The van der Waals surface area contributed by atoms with E-state index < -0.39 is 0 Å². The smallest absolute Gasteiger partial charge is 0.227 e. The topological polar surface area (TPSA) is 72.1 Å². The third-order valence-electron chi connectivity index (χ3n) is 3.69. The highest BCUT2D eigenvalue weighted by molar-refractivity contribution is 6.30. The number of hydrogen-bond donors (Lipinski definition) is 0. The minimum absolute atomic E-state index is 0.00935. The van der Waals surface area contributed by atoms with Gasteiger partial charge in [-0.15, -0.1) is 0 Å². The van der Waals surface area contributed by atoms with Gasteiger partial charge in [0.1, 0.15) is 0 Å². The molecule has 0 saturated carbocycles. The van der Waals surface area contributed by atoms with Gasteiger partial charge in [-0.1, -0.05) is 22.8 Å². The summed E-state index contributed by atoms with van der Waals surface area (Å²) < 4.78 is 5.22. The number of amides is 1. The van der Waals surface area contributed by atoms with Crippen LogP contribution in [0.25, 0.3) is 11.4 Å². The zero-order chi connectivity index (χ0) is 17.6. The van der Waals surface area contributed by atoms with E-state index in [9.17, 15) is 4.79 Å². The minimum Gasteiger partial charge on any atom is -0.341 e. The lowest BCUT2D eigenvalue weighted by Crippen LogP contribution is -2.26. The number of aromatic nitrogens is 3. The van der Waals surface area contributed by atoms with Crippen LogP contribution in [0, 0.1) is 0 Å². The summed E-state index contributed by atoms with van der Waals surface area (Å²) >= 11 is 5.87. The first-order chi connectivity index (χ1) is 12.1. The molecule has 0 atom stereocenters. The number of pyridine rings is 1. The molecule has 25 heavy (non-hydrogen) atoms. The van der Waals surface area contributed by atoms with E-state index in [2.05, 4.69) is 15.1 Å². The van der Waals surface area contributed by atoms with E-state index in [0.29, 0.717) is 36.1 Å². The number of benzene rings is 1. The average molecular weight is 357 g/mol. The average Bonchev–Trinajstić information content (AvgIpc) is 3.10. The number of halogens is 1. The predicted molar refractivity (Wildman–Crippen MR) is 93.8 cm³/mol. The first-order valence-electron chi connectivity index (χ1n) is 7.83. The normalized spacial score (nSPS) is 10.6. The largest absolute Gasteiger partial charge is 0.341 e. The van der Waals surface area contributed by atoms with Gasteiger partial charge in [0.05, 0.1) is 0 Å². The number of hydrogen-bond acceptors (Lipinski definition) is 5. The summed E-state index contributed by atoms with van der Waals surface area (Å²) in [6.45, 7) is 0.520. The summed E-state index contributed by atoms with van der Waals surface area (Å²) in [4.78, 5) is 22.3. The zero-order valence-electron chi connectivity index (χ0n) is 13.7. The molecule has 3 aromatic rings. The van der Waals surface area contributed by atoms with E-state index in [4.69, 9.17) is 16.1 Å². The van der Waals surface area contributed by atoms with E-state index in [0.717, 1.165) is 11.1 Å². The second kappa shape index (κ2) is 7.90. The molecular weight excluding hydrogens is 340 g/mol. The van der Waals surface area contributed by atoms with E-state index in [1.54, 1.807) is 36.5 Å². The number of carbonyl (C=O) groups excluding carboxylic acids is 1. The van der Waals surface area contributed by atoms with Crippen molar-refractivity contribution in [2.24, 2.45) is 0 Å². The highest BCUT2D eigenvalue weighted by Crippen LogP contribution is 2.19. The molecule has 0 aliphatic carbocycles. The molecule has 0 radical (unpaired) electrons. The SMILES string of the molecule is CN(Cc1cccnc1)C(=O)CCc1nc(-c2ccc(Cl)cc2)no1. The molecule has 2 aromatic heterocycles. The van der Waals surface area contributed by atoms with Gasteiger partial charge in [0.2, 0.25) is 17.6 Å². The zero-order valence-corrected chi connectivity index (χ0v) is 14.5. The lowest BCUT2D eigenvalue weighted by atomic mass is 10.2. The first kappa shape index (κ1) is 17.1. The Hall–Kier alpha value is -2.73. The quantitative estimate of drug-likeness (QED) is 0.677. The minimum atomic E-state index is 0.00935. The van der Waals surface area contributed by atoms with Crippen LogP contribution < -0.4 is 0 Å². The third kappa shape index (κ3) is 4.64. The molecule has 128 valence electrons. The number of nitrogens with zero attached hydrogens (tertiary/aromatic N) is 4. The summed E-state index contributed by atoms with van der Waals surface area (Å²) in [7, 11) is 1.77. The van der Waals surface area contributed by atoms with Gasteiger partial charge in [0.15, 0.2) is 0 Å². The molecule has 0 aliphatic rings.